The maximum absolute atomic E-state index is 11.5. The Labute approximate surface area is 115 Å². The van der Waals surface area contributed by atoms with Crippen molar-refractivity contribution in [1.29, 1.82) is 0 Å². The third kappa shape index (κ3) is 2.21. The van der Waals surface area contributed by atoms with E-state index < -0.39 is 43.2 Å². The minimum atomic E-state index is -1.32. The van der Waals surface area contributed by atoms with E-state index in [0.717, 1.165) is 0 Å². The Morgan fingerprint density at radius 3 is 2.65 bits per heavy atom. The van der Waals surface area contributed by atoms with Crippen LogP contribution in [0.15, 0.2) is 24.2 Å². The predicted molar refractivity (Wildman–Crippen MR) is 66.7 cm³/mol. The van der Waals surface area contributed by atoms with E-state index in [-0.39, 0.29) is 11.4 Å². The standard InChI is InChI=1S/C12H18N2O6/c1-6-13-10(19)7(4-15)3-14(6)11-8(17)9(18)12(2,5-16)20-11/h3,8-9,11,15-18H,1,4-5H2,2H3,(H,13,19)/t8-,9?,11+,12+/m0/s1. The van der Waals surface area contributed by atoms with E-state index in [9.17, 15) is 20.1 Å². The summed E-state index contributed by atoms with van der Waals surface area (Å²) < 4.78 is 5.50. The fourth-order valence-corrected chi connectivity index (χ4v) is 2.20. The summed E-state index contributed by atoms with van der Waals surface area (Å²) in [6.45, 7) is 4.12. The second-order valence-electron chi connectivity index (χ2n) is 5.04. The molecule has 8 nitrogen and oxygen atoms in total. The van der Waals surface area contributed by atoms with E-state index in [4.69, 9.17) is 9.84 Å². The van der Waals surface area contributed by atoms with E-state index >= 15 is 0 Å². The average Bonchev–Trinajstić information content (AvgIpc) is 2.64. The van der Waals surface area contributed by atoms with Gasteiger partial charge >= 0.3 is 0 Å². The molecule has 0 saturated carbocycles. The molecule has 1 fully saturated rings. The molecule has 1 unspecified atom stereocenters. The minimum absolute atomic E-state index is 0.0697. The molecule has 0 bridgehead atoms. The highest BCUT2D eigenvalue weighted by Gasteiger charge is 2.53. The van der Waals surface area contributed by atoms with Gasteiger partial charge in [-0.1, -0.05) is 6.58 Å². The number of rotatable bonds is 3. The normalized spacial score (nSPS) is 38.0. The molecule has 2 aliphatic heterocycles. The Hall–Kier alpha value is -1.45. The Morgan fingerprint density at radius 2 is 2.15 bits per heavy atom. The molecule has 2 aliphatic rings. The summed E-state index contributed by atoms with van der Waals surface area (Å²) in [7, 11) is 0. The molecule has 0 radical (unpaired) electrons. The van der Waals surface area contributed by atoms with Gasteiger partial charge in [-0.25, -0.2) is 0 Å². The van der Waals surface area contributed by atoms with Gasteiger partial charge in [-0.3, -0.25) is 4.79 Å². The van der Waals surface area contributed by atoms with Gasteiger partial charge in [0.1, 0.15) is 23.6 Å². The molecule has 20 heavy (non-hydrogen) atoms. The van der Waals surface area contributed by atoms with Crippen LogP contribution in [-0.4, -0.2) is 68.5 Å². The van der Waals surface area contributed by atoms with Gasteiger partial charge in [0.15, 0.2) is 6.23 Å². The lowest BCUT2D eigenvalue weighted by atomic mass is 9.98. The lowest BCUT2D eigenvalue weighted by Gasteiger charge is -2.34. The van der Waals surface area contributed by atoms with Gasteiger partial charge < -0.3 is 35.4 Å². The Bertz CT molecular complexity index is 465. The molecule has 0 aromatic carbocycles. The molecule has 4 atom stereocenters. The molecule has 1 amide bonds. The fourth-order valence-electron chi connectivity index (χ4n) is 2.20. The molecular weight excluding hydrogens is 268 g/mol. The van der Waals surface area contributed by atoms with Crippen LogP contribution in [0.1, 0.15) is 6.92 Å². The SMILES string of the molecule is C=C1NC(=O)C(CO)=CN1[C@@H]1O[C@](C)(CO)C(O)[C@@H]1O. The summed E-state index contributed by atoms with van der Waals surface area (Å²) >= 11 is 0. The van der Waals surface area contributed by atoms with Crippen LogP contribution in [0.3, 0.4) is 0 Å². The average molecular weight is 286 g/mol. The molecule has 8 heteroatoms. The number of aliphatic hydroxyl groups is 4. The summed E-state index contributed by atoms with van der Waals surface area (Å²) in [4.78, 5) is 12.8. The molecule has 2 heterocycles. The monoisotopic (exact) mass is 286 g/mol. The molecule has 0 aromatic heterocycles. The minimum Gasteiger partial charge on any atom is -0.393 e. The van der Waals surface area contributed by atoms with Gasteiger partial charge in [-0.05, 0) is 6.92 Å². The summed E-state index contributed by atoms with van der Waals surface area (Å²) in [6, 6.07) is 0. The number of carbonyl (C=O) groups is 1. The van der Waals surface area contributed by atoms with Crippen LogP contribution < -0.4 is 5.32 Å². The van der Waals surface area contributed by atoms with E-state index in [1.54, 1.807) is 0 Å². The molecule has 5 N–H and O–H groups in total. The van der Waals surface area contributed by atoms with Crippen LogP contribution in [0, 0.1) is 0 Å². The third-order valence-electron chi connectivity index (χ3n) is 3.55. The molecular formula is C12H18N2O6. The number of amides is 1. The van der Waals surface area contributed by atoms with Crippen LogP contribution in [0.4, 0.5) is 0 Å². The highest BCUT2D eigenvalue weighted by molar-refractivity contribution is 5.95. The zero-order valence-electron chi connectivity index (χ0n) is 11.0. The summed E-state index contributed by atoms with van der Waals surface area (Å²) in [5.41, 5.74) is -1.25. The smallest absolute Gasteiger partial charge is 0.256 e. The van der Waals surface area contributed by atoms with E-state index in [0.29, 0.717) is 0 Å². The lowest BCUT2D eigenvalue weighted by Crippen LogP contribution is -2.48. The maximum Gasteiger partial charge on any atom is 0.256 e. The zero-order valence-corrected chi connectivity index (χ0v) is 11.0. The summed E-state index contributed by atoms with van der Waals surface area (Å²) in [5.74, 6) is -0.350. The quantitative estimate of drug-likeness (QED) is 0.392. The van der Waals surface area contributed by atoms with Crippen molar-refractivity contribution >= 4 is 5.91 Å². The first-order valence-corrected chi connectivity index (χ1v) is 6.09. The number of nitrogens with one attached hydrogen (secondary N) is 1. The van der Waals surface area contributed by atoms with Gasteiger partial charge in [0.05, 0.1) is 18.8 Å². The second kappa shape index (κ2) is 5.15. The Kier molecular flexibility index (Phi) is 3.85. The van der Waals surface area contributed by atoms with Crippen molar-refractivity contribution < 1.29 is 30.0 Å². The fraction of sp³-hybridized carbons (Fsp3) is 0.583. The Balaban J connectivity index is 2.30. The van der Waals surface area contributed by atoms with Gasteiger partial charge in [-0.15, -0.1) is 0 Å². The molecule has 0 spiro atoms. The first kappa shape index (κ1) is 14.9. The van der Waals surface area contributed by atoms with Gasteiger partial charge in [0.2, 0.25) is 0 Å². The van der Waals surface area contributed by atoms with Crippen molar-refractivity contribution in [2.75, 3.05) is 13.2 Å². The zero-order chi connectivity index (χ0) is 15.1. The van der Waals surface area contributed by atoms with E-state index in [2.05, 4.69) is 11.9 Å². The lowest BCUT2D eigenvalue weighted by molar-refractivity contribution is -0.130. The van der Waals surface area contributed by atoms with Crippen LogP contribution in [0.5, 0.6) is 0 Å². The highest BCUT2D eigenvalue weighted by atomic mass is 16.6. The van der Waals surface area contributed by atoms with Crippen LogP contribution in [0.2, 0.25) is 0 Å². The van der Waals surface area contributed by atoms with Crippen LogP contribution >= 0.6 is 0 Å². The van der Waals surface area contributed by atoms with Crippen molar-refractivity contribution in [2.45, 2.75) is 31.0 Å². The van der Waals surface area contributed by atoms with Crippen LogP contribution in [0.25, 0.3) is 0 Å². The second-order valence-corrected chi connectivity index (χ2v) is 5.04. The maximum atomic E-state index is 11.5. The van der Waals surface area contributed by atoms with E-state index in [1.807, 2.05) is 0 Å². The van der Waals surface area contributed by atoms with Gasteiger partial charge in [-0.2, -0.15) is 0 Å². The van der Waals surface area contributed by atoms with Crippen molar-refractivity contribution in [3.8, 4) is 0 Å². The molecule has 1 saturated heterocycles. The number of hydrogen-bond donors (Lipinski definition) is 5. The summed E-state index contributed by atoms with van der Waals surface area (Å²) in [6.07, 6.45) is -2.34. The molecule has 2 rings (SSSR count). The van der Waals surface area contributed by atoms with Gasteiger partial charge in [0, 0.05) is 6.20 Å². The molecule has 0 aliphatic carbocycles. The first-order valence-electron chi connectivity index (χ1n) is 6.09. The van der Waals surface area contributed by atoms with Gasteiger partial charge in [0.25, 0.3) is 5.91 Å². The predicted octanol–water partition coefficient (Wildman–Crippen LogP) is -2.41. The number of carbonyl (C=O) groups excluding carboxylic acids is 1. The number of ether oxygens (including phenoxy) is 1. The van der Waals surface area contributed by atoms with E-state index in [1.165, 1.54) is 18.0 Å². The van der Waals surface area contributed by atoms with Crippen LogP contribution in [-0.2, 0) is 9.53 Å². The number of aliphatic hydroxyl groups excluding tert-OH is 4. The van der Waals surface area contributed by atoms with Crippen molar-refractivity contribution in [3.63, 3.8) is 0 Å². The van der Waals surface area contributed by atoms with Crippen molar-refractivity contribution in [2.24, 2.45) is 0 Å². The summed E-state index contributed by atoms with van der Waals surface area (Å²) in [5, 5.41) is 40.8. The third-order valence-corrected chi connectivity index (χ3v) is 3.55. The topological polar surface area (TPSA) is 122 Å². The number of nitrogens with zero attached hydrogens (tertiary/aromatic N) is 1. The highest BCUT2D eigenvalue weighted by Crippen LogP contribution is 2.34. The van der Waals surface area contributed by atoms with Crippen molar-refractivity contribution in [1.82, 2.24) is 10.2 Å². The molecule has 0 aromatic rings. The number of hydrogen-bond acceptors (Lipinski definition) is 7. The largest absolute Gasteiger partial charge is 0.393 e. The molecule has 112 valence electrons. The van der Waals surface area contributed by atoms with Crippen molar-refractivity contribution in [3.05, 3.63) is 24.2 Å². The Morgan fingerprint density at radius 1 is 1.50 bits per heavy atom. The first-order chi connectivity index (χ1) is 9.34.